The Morgan fingerprint density at radius 1 is 1.40 bits per heavy atom. The summed E-state index contributed by atoms with van der Waals surface area (Å²) in [6.07, 6.45) is -1.44. The first-order valence-corrected chi connectivity index (χ1v) is 4.39. The summed E-state index contributed by atoms with van der Waals surface area (Å²) in [7, 11) is 0. The van der Waals surface area contributed by atoms with Crippen LogP contribution in [0.3, 0.4) is 0 Å². The molecule has 0 aliphatic carbocycles. The lowest BCUT2D eigenvalue weighted by Gasteiger charge is -2.02. The maximum absolute atomic E-state index is 11.6. The van der Waals surface area contributed by atoms with E-state index in [2.05, 4.69) is 4.98 Å². The maximum Gasteiger partial charge on any atom is 0.421 e. The normalized spacial score (nSPS) is 10.5. The van der Waals surface area contributed by atoms with E-state index in [4.69, 9.17) is 16.7 Å². The molecule has 0 aliphatic heterocycles. The third-order valence-corrected chi connectivity index (χ3v) is 2.18. The van der Waals surface area contributed by atoms with E-state index in [0.29, 0.717) is 10.1 Å². The van der Waals surface area contributed by atoms with Crippen molar-refractivity contribution in [2.45, 2.75) is 0 Å². The second kappa shape index (κ2) is 3.36. The van der Waals surface area contributed by atoms with E-state index in [1.807, 2.05) is 0 Å². The van der Waals surface area contributed by atoms with Crippen LogP contribution in [0, 0.1) is 0 Å². The van der Waals surface area contributed by atoms with Crippen molar-refractivity contribution in [2.75, 3.05) is 0 Å². The van der Waals surface area contributed by atoms with Gasteiger partial charge in [-0.05, 0) is 23.7 Å². The molecule has 1 heterocycles. The fourth-order valence-electron chi connectivity index (χ4n) is 1.27. The van der Waals surface area contributed by atoms with Gasteiger partial charge in [-0.1, -0.05) is 12.1 Å². The summed E-state index contributed by atoms with van der Waals surface area (Å²) in [5.41, 5.74) is -0.303. The zero-order chi connectivity index (χ0) is 11.0. The van der Waals surface area contributed by atoms with Gasteiger partial charge >= 0.3 is 6.09 Å². The molecular formula is C9H5ClN2O3. The molecule has 76 valence electrons. The van der Waals surface area contributed by atoms with Crippen molar-refractivity contribution >= 4 is 28.6 Å². The minimum Gasteiger partial charge on any atom is -0.464 e. The van der Waals surface area contributed by atoms with Crippen LogP contribution < -0.4 is 5.56 Å². The number of aromatic nitrogens is 2. The van der Waals surface area contributed by atoms with Crippen LogP contribution in [0.1, 0.15) is 0 Å². The highest BCUT2D eigenvalue weighted by atomic mass is 35.5. The van der Waals surface area contributed by atoms with Crippen LogP contribution in [0.25, 0.3) is 10.9 Å². The molecular weight excluding hydrogens is 220 g/mol. The Morgan fingerprint density at radius 3 is 2.73 bits per heavy atom. The SMILES string of the molecule is O=C(O)n1c(Cl)nc2ccccc2c1=O. The minimum absolute atomic E-state index is 0.226. The fraction of sp³-hybridized carbons (Fsp3) is 0. The summed E-state index contributed by atoms with van der Waals surface area (Å²) in [6, 6.07) is 6.41. The number of para-hydroxylation sites is 1. The summed E-state index contributed by atoms with van der Waals surface area (Å²) >= 11 is 5.57. The van der Waals surface area contributed by atoms with Crippen LogP contribution in [-0.4, -0.2) is 20.8 Å². The van der Waals surface area contributed by atoms with Crippen molar-refractivity contribution in [3.05, 3.63) is 39.9 Å². The molecule has 0 unspecified atom stereocenters. The fourth-order valence-corrected chi connectivity index (χ4v) is 1.51. The van der Waals surface area contributed by atoms with Gasteiger partial charge < -0.3 is 5.11 Å². The van der Waals surface area contributed by atoms with Crippen LogP contribution in [0.4, 0.5) is 4.79 Å². The molecule has 0 aliphatic rings. The molecule has 1 aromatic carbocycles. The summed E-state index contributed by atoms with van der Waals surface area (Å²) in [5.74, 6) is 0. The quantitative estimate of drug-likeness (QED) is 0.690. The monoisotopic (exact) mass is 224 g/mol. The van der Waals surface area contributed by atoms with Gasteiger partial charge in [0.25, 0.3) is 5.56 Å². The highest BCUT2D eigenvalue weighted by Crippen LogP contribution is 2.10. The number of hydrogen-bond acceptors (Lipinski definition) is 3. The molecule has 0 fully saturated rings. The first-order chi connectivity index (χ1) is 7.11. The lowest BCUT2D eigenvalue weighted by atomic mass is 10.2. The first kappa shape index (κ1) is 9.67. The Labute approximate surface area is 88.5 Å². The number of carbonyl (C=O) groups is 1. The zero-order valence-corrected chi connectivity index (χ0v) is 8.10. The van der Waals surface area contributed by atoms with E-state index in [1.54, 1.807) is 18.2 Å². The number of nitrogens with zero attached hydrogens (tertiary/aromatic N) is 2. The average Bonchev–Trinajstić information content (AvgIpc) is 2.17. The van der Waals surface area contributed by atoms with Gasteiger partial charge in [0, 0.05) is 0 Å². The second-order valence-electron chi connectivity index (χ2n) is 2.82. The van der Waals surface area contributed by atoms with Crippen molar-refractivity contribution in [1.82, 2.24) is 9.55 Å². The lowest BCUT2D eigenvalue weighted by molar-refractivity contribution is 0.195. The van der Waals surface area contributed by atoms with Gasteiger partial charge in [-0.2, -0.15) is 4.57 Å². The van der Waals surface area contributed by atoms with Crippen LogP contribution in [0.2, 0.25) is 5.28 Å². The van der Waals surface area contributed by atoms with E-state index in [0.717, 1.165) is 0 Å². The molecule has 0 spiro atoms. The Bertz CT molecular complexity index is 606. The maximum atomic E-state index is 11.6. The largest absolute Gasteiger partial charge is 0.464 e. The lowest BCUT2D eigenvalue weighted by Crippen LogP contribution is -2.27. The van der Waals surface area contributed by atoms with Crippen molar-refractivity contribution in [1.29, 1.82) is 0 Å². The Balaban J connectivity index is 2.97. The molecule has 5 nitrogen and oxygen atoms in total. The molecule has 0 amide bonds. The smallest absolute Gasteiger partial charge is 0.421 e. The molecule has 0 saturated heterocycles. The average molecular weight is 225 g/mol. The van der Waals surface area contributed by atoms with Gasteiger partial charge in [0.05, 0.1) is 10.9 Å². The standard InChI is InChI=1S/C9H5ClN2O3/c10-8-11-6-4-2-1-3-5(6)7(13)12(8)9(14)15/h1-4H,(H,14,15). The number of carboxylic acid groups (broad SMARTS) is 1. The van der Waals surface area contributed by atoms with Gasteiger partial charge in [0.15, 0.2) is 0 Å². The van der Waals surface area contributed by atoms with Gasteiger partial charge in [0.1, 0.15) is 0 Å². The predicted molar refractivity (Wildman–Crippen MR) is 54.4 cm³/mol. The van der Waals surface area contributed by atoms with Crippen LogP contribution >= 0.6 is 11.6 Å². The third-order valence-electron chi connectivity index (χ3n) is 1.93. The second-order valence-corrected chi connectivity index (χ2v) is 3.16. The number of fused-ring (bicyclic) bond motifs is 1. The summed E-state index contributed by atoms with van der Waals surface area (Å²) < 4.78 is 0.407. The van der Waals surface area contributed by atoms with E-state index in [-0.39, 0.29) is 10.7 Å². The van der Waals surface area contributed by atoms with Crippen LogP contribution in [-0.2, 0) is 0 Å². The molecule has 0 bridgehead atoms. The molecule has 0 atom stereocenters. The number of rotatable bonds is 0. The predicted octanol–water partition coefficient (Wildman–Crippen LogP) is 1.58. The number of benzene rings is 1. The highest BCUT2D eigenvalue weighted by molar-refractivity contribution is 6.29. The number of halogens is 1. The van der Waals surface area contributed by atoms with Crippen molar-refractivity contribution in [3.63, 3.8) is 0 Å². The van der Waals surface area contributed by atoms with Crippen molar-refractivity contribution in [3.8, 4) is 0 Å². The van der Waals surface area contributed by atoms with Gasteiger partial charge in [0.2, 0.25) is 5.28 Å². The summed E-state index contributed by atoms with van der Waals surface area (Å²) in [4.78, 5) is 26.2. The topological polar surface area (TPSA) is 72.2 Å². The van der Waals surface area contributed by atoms with Gasteiger partial charge in [-0.3, -0.25) is 4.79 Å². The van der Waals surface area contributed by atoms with Crippen molar-refractivity contribution in [2.24, 2.45) is 0 Å². The summed E-state index contributed by atoms with van der Waals surface area (Å²) in [6.45, 7) is 0. The molecule has 2 rings (SSSR count). The zero-order valence-electron chi connectivity index (χ0n) is 7.35. The highest BCUT2D eigenvalue weighted by Gasteiger charge is 2.13. The minimum atomic E-state index is -1.44. The molecule has 0 saturated carbocycles. The van der Waals surface area contributed by atoms with E-state index in [1.165, 1.54) is 6.07 Å². The molecule has 15 heavy (non-hydrogen) atoms. The Morgan fingerprint density at radius 2 is 2.07 bits per heavy atom. The first-order valence-electron chi connectivity index (χ1n) is 4.02. The molecule has 2 aromatic rings. The van der Waals surface area contributed by atoms with Gasteiger partial charge in [-0.25, -0.2) is 9.78 Å². The van der Waals surface area contributed by atoms with E-state index >= 15 is 0 Å². The Kier molecular flexibility index (Phi) is 2.17. The van der Waals surface area contributed by atoms with Crippen LogP contribution in [0.5, 0.6) is 0 Å². The molecule has 1 N–H and O–H groups in total. The van der Waals surface area contributed by atoms with Gasteiger partial charge in [-0.15, -0.1) is 0 Å². The number of hydrogen-bond donors (Lipinski definition) is 1. The summed E-state index contributed by atoms with van der Waals surface area (Å²) in [5, 5.41) is 8.62. The molecule has 6 heteroatoms. The molecule has 0 radical (unpaired) electrons. The Hall–Kier alpha value is -1.88. The van der Waals surface area contributed by atoms with E-state index < -0.39 is 11.7 Å². The van der Waals surface area contributed by atoms with E-state index in [9.17, 15) is 9.59 Å². The van der Waals surface area contributed by atoms with Crippen LogP contribution in [0.15, 0.2) is 29.1 Å². The third kappa shape index (κ3) is 1.46. The van der Waals surface area contributed by atoms with Crippen molar-refractivity contribution < 1.29 is 9.90 Å². The molecule has 1 aromatic heterocycles.